The van der Waals surface area contributed by atoms with Crippen LogP contribution < -0.4 is 5.73 Å². The average Bonchev–Trinajstić information content (AvgIpc) is 2.86. The van der Waals surface area contributed by atoms with Crippen molar-refractivity contribution in [1.82, 2.24) is 10.1 Å². The van der Waals surface area contributed by atoms with Crippen LogP contribution in [-0.4, -0.2) is 10.1 Å². The smallest absolute Gasteiger partial charge is 0.259 e. The molecule has 2 aromatic heterocycles. The van der Waals surface area contributed by atoms with E-state index in [-0.39, 0.29) is 6.04 Å². The molecule has 1 unspecified atom stereocenters. The SMILES string of the molecule is CCCC(N)c1noc(-c2cscc2C)n1. The van der Waals surface area contributed by atoms with Gasteiger partial charge in [-0.3, -0.25) is 0 Å². The molecule has 0 aromatic carbocycles. The highest BCUT2D eigenvalue weighted by Crippen LogP contribution is 2.26. The first kappa shape index (κ1) is 11.3. The molecule has 0 saturated heterocycles. The summed E-state index contributed by atoms with van der Waals surface area (Å²) in [5, 5.41) is 8.00. The molecule has 4 nitrogen and oxygen atoms in total. The van der Waals surface area contributed by atoms with E-state index >= 15 is 0 Å². The van der Waals surface area contributed by atoms with Crippen LogP contribution in [0.25, 0.3) is 11.5 Å². The van der Waals surface area contributed by atoms with Gasteiger partial charge in [-0.1, -0.05) is 18.5 Å². The Labute approximate surface area is 98.5 Å². The lowest BCUT2D eigenvalue weighted by molar-refractivity contribution is 0.413. The van der Waals surface area contributed by atoms with Gasteiger partial charge < -0.3 is 10.3 Å². The van der Waals surface area contributed by atoms with E-state index in [1.54, 1.807) is 11.3 Å². The van der Waals surface area contributed by atoms with Crippen molar-refractivity contribution in [2.24, 2.45) is 5.73 Å². The lowest BCUT2D eigenvalue weighted by atomic mass is 10.2. The fourth-order valence-corrected chi connectivity index (χ4v) is 2.34. The van der Waals surface area contributed by atoms with Gasteiger partial charge in [0.05, 0.1) is 11.6 Å². The predicted molar refractivity (Wildman–Crippen MR) is 64.2 cm³/mol. The van der Waals surface area contributed by atoms with Crippen LogP contribution in [0.5, 0.6) is 0 Å². The summed E-state index contributed by atoms with van der Waals surface area (Å²) in [7, 11) is 0. The van der Waals surface area contributed by atoms with Gasteiger partial charge in [-0.05, 0) is 24.3 Å². The molecule has 0 aliphatic carbocycles. The van der Waals surface area contributed by atoms with Crippen molar-refractivity contribution in [3.63, 3.8) is 0 Å². The lowest BCUT2D eigenvalue weighted by Gasteiger charge is -2.02. The van der Waals surface area contributed by atoms with Gasteiger partial charge >= 0.3 is 0 Å². The Hall–Kier alpha value is -1.20. The molecular weight excluding hydrogens is 222 g/mol. The third-order valence-corrected chi connectivity index (χ3v) is 3.32. The molecule has 0 fully saturated rings. The van der Waals surface area contributed by atoms with Crippen molar-refractivity contribution >= 4 is 11.3 Å². The summed E-state index contributed by atoms with van der Waals surface area (Å²) in [4.78, 5) is 4.34. The molecule has 0 spiro atoms. The number of thiophene rings is 1. The summed E-state index contributed by atoms with van der Waals surface area (Å²) in [6, 6.07) is -0.124. The van der Waals surface area contributed by atoms with Crippen molar-refractivity contribution in [2.45, 2.75) is 32.7 Å². The number of rotatable bonds is 4. The molecule has 0 aliphatic heterocycles. The Kier molecular flexibility index (Phi) is 3.36. The van der Waals surface area contributed by atoms with Crippen LogP contribution >= 0.6 is 11.3 Å². The molecule has 16 heavy (non-hydrogen) atoms. The predicted octanol–water partition coefficient (Wildman–Crippen LogP) is 2.91. The van der Waals surface area contributed by atoms with E-state index in [1.807, 2.05) is 12.3 Å². The summed E-state index contributed by atoms with van der Waals surface area (Å²) in [5.41, 5.74) is 8.09. The summed E-state index contributed by atoms with van der Waals surface area (Å²) in [6.07, 6.45) is 1.89. The molecule has 0 saturated carbocycles. The minimum Gasteiger partial charge on any atom is -0.334 e. The van der Waals surface area contributed by atoms with Crippen LogP contribution in [0, 0.1) is 6.92 Å². The van der Waals surface area contributed by atoms with E-state index in [2.05, 4.69) is 22.4 Å². The van der Waals surface area contributed by atoms with Crippen molar-refractivity contribution in [2.75, 3.05) is 0 Å². The van der Waals surface area contributed by atoms with Crippen LogP contribution in [0.4, 0.5) is 0 Å². The standard InChI is InChI=1S/C11H15N3OS/c1-3-4-9(12)10-13-11(15-14-10)8-6-16-5-7(8)2/h5-6,9H,3-4,12H2,1-2H3. The summed E-state index contributed by atoms with van der Waals surface area (Å²) in [6.45, 7) is 4.12. The second-order valence-corrected chi connectivity index (χ2v) is 4.56. The fourth-order valence-electron chi connectivity index (χ4n) is 1.51. The zero-order chi connectivity index (χ0) is 11.5. The largest absolute Gasteiger partial charge is 0.334 e. The number of nitrogens with two attached hydrogens (primary N) is 1. The van der Waals surface area contributed by atoms with Crippen molar-refractivity contribution < 1.29 is 4.52 Å². The Bertz CT molecular complexity index is 463. The maximum atomic E-state index is 5.93. The molecule has 0 bridgehead atoms. The van der Waals surface area contributed by atoms with Crippen molar-refractivity contribution in [3.05, 3.63) is 22.1 Å². The average molecular weight is 237 g/mol. The van der Waals surface area contributed by atoms with Gasteiger partial charge in [0.25, 0.3) is 5.89 Å². The highest BCUT2D eigenvalue weighted by atomic mass is 32.1. The molecule has 2 aromatic rings. The van der Waals surface area contributed by atoms with Crippen LogP contribution in [0.3, 0.4) is 0 Å². The first-order valence-corrected chi connectivity index (χ1v) is 6.29. The van der Waals surface area contributed by atoms with E-state index in [4.69, 9.17) is 10.3 Å². The Morgan fingerprint density at radius 1 is 1.50 bits per heavy atom. The first-order valence-electron chi connectivity index (χ1n) is 5.34. The molecule has 2 heterocycles. The molecule has 0 amide bonds. The van der Waals surface area contributed by atoms with Crippen molar-refractivity contribution in [3.8, 4) is 11.5 Å². The van der Waals surface area contributed by atoms with E-state index < -0.39 is 0 Å². The zero-order valence-electron chi connectivity index (χ0n) is 9.43. The third-order valence-electron chi connectivity index (χ3n) is 2.46. The van der Waals surface area contributed by atoms with E-state index in [0.29, 0.717) is 11.7 Å². The minimum atomic E-state index is -0.124. The van der Waals surface area contributed by atoms with E-state index in [9.17, 15) is 0 Å². The van der Waals surface area contributed by atoms with Crippen LogP contribution in [0.1, 0.15) is 37.2 Å². The molecule has 0 aliphatic rings. The summed E-state index contributed by atoms with van der Waals surface area (Å²) in [5.74, 6) is 1.17. The van der Waals surface area contributed by atoms with Gasteiger partial charge in [0.2, 0.25) is 0 Å². The van der Waals surface area contributed by atoms with Gasteiger partial charge in [-0.2, -0.15) is 16.3 Å². The monoisotopic (exact) mass is 237 g/mol. The third kappa shape index (κ3) is 2.15. The summed E-state index contributed by atoms with van der Waals surface area (Å²) >= 11 is 1.63. The van der Waals surface area contributed by atoms with Gasteiger partial charge in [-0.25, -0.2) is 0 Å². The molecule has 5 heteroatoms. The topological polar surface area (TPSA) is 64.9 Å². The molecule has 2 N–H and O–H groups in total. The highest BCUT2D eigenvalue weighted by Gasteiger charge is 2.15. The minimum absolute atomic E-state index is 0.124. The van der Waals surface area contributed by atoms with Crippen LogP contribution in [0.15, 0.2) is 15.3 Å². The van der Waals surface area contributed by atoms with Gasteiger partial charge in [0.15, 0.2) is 5.82 Å². The quantitative estimate of drug-likeness (QED) is 0.888. The number of hydrogen-bond acceptors (Lipinski definition) is 5. The summed E-state index contributed by atoms with van der Waals surface area (Å²) < 4.78 is 5.22. The second-order valence-electron chi connectivity index (χ2n) is 3.82. The Balaban J connectivity index is 2.23. The maximum Gasteiger partial charge on any atom is 0.259 e. The number of nitrogens with zero attached hydrogens (tertiary/aromatic N) is 2. The number of aryl methyl sites for hydroxylation is 1. The molecule has 2 rings (SSSR count). The molecule has 1 atom stereocenters. The van der Waals surface area contributed by atoms with Gasteiger partial charge in [0, 0.05) is 5.38 Å². The number of hydrogen-bond donors (Lipinski definition) is 1. The lowest BCUT2D eigenvalue weighted by Crippen LogP contribution is -2.11. The molecule has 86 valence electrons. The molecule has 0 radical (unpaired) electrons. The van der Waals surface area contributed by atoms with Crippen molar-refractivity contribution in [1.29, 1.82) is 0 Å². The number of aromatic nitrogens is 2. The van der Waals surface area contributed by atoms with Crippen LogP contribution in [0.2, 0.25) is 0 Å². The highest BCUT2D eigenvalue weighted by molar-refractivity contribution is 7.08. The normalized spacial score (nSPS) is 12.9. The fraction of sp³-hybridized carbons (Fsp3) is 0.455. The van der Waals surface area contributed by atoms with Gasteiger partial charge in [0.1, 0.15) is 0 Å². The zero-order valence-corrected chi connectivity index (χ0v) is 10.3. The van der Waals surface area contributed by atoms with E-state index in [1.165, 1.54) is 0 Å². The van der Waals surface area contributed by atoms with Crippen LogP contribution in [-0.2, 0) is 0 Å². The van der Waals surface area contributed by atoms with E-state index in [0.717, 1.165) is 24.0 Å². The Morgan fingerprint density at radius 2 is 2.31 bits per heavy atom. The Morgan fingerprint density at radius 3 is 2.94 bits per heavy atom. The van der Waals surface area contributed by atoms with Gasteiger partial charge in [-0.15, -0.1) is 0 Å². The second kappa shape index (κ2) is 4.76. The first-order chi connectivity index (χ1) is 7.72. The maximum absolute atomic E-state index is 5.93. The molecular formula is C11H15N3OS.